The van der Waals surface area contributed by atoms with Crippen molar-refractivity contribution < 1.29 is 22.8 Å². The molecule has 0 spiro atoms. The van der Waals surface area contributed by atoms with Crippen LogP contribution in [-0.2, 0) is 11.3 Å². The van der Waals surface area contributed by atoms with Crippen molar-refractivity contribution in [1.29, 1.82) is 0 Å². The Balaban J connectivity index is 1.32. The summed E-state index contributed by atoms with van der Waals surface area (Å²) in [5, 5.41) is 6.51. The number of carbonyl (C=O) groups excluding carboxylic acids is 2. The molecule has 1 aliphatic rings. The summed E-state index contributed by atoms with van der Waals surface area (Å²) in [4.78, 5) is 44.2. The van der Waals surface area contributed by atoms with E-state index in [0.717, 1.165) is 24.8 Å². The number of hydrogen-bond acceptors (Lipinski definition) is 7. The molecule has 4 heterocycles. The molecule has 1 fully saturated rings. The molecule has 1 N–H and O–H groups in total. The number of carbonyl (C=O) groups is 2. The zero-order valence-corrected chi connectivity index (χ0v) is 23.0. The number of rotatable bonds is 7. The summed E-state index contributed by atoms with van der Waals surface area (Å²) in [5.41, 5.74) is 0.161. The van der Waals surface area contributed by atoms with Gasteiger partial charge in [0, 0.05) is 29.8 Å². The summed E-state index contributed by atoms with van der Waals surface area (Å²) in [5.74, 6) is -1.25. The van der Waals surface area contributed by atoms with Crippen molar-refractivity contribution in [3.05, 3.63) is 76.1 Å². The monoisotopic (exact) mass is 584 g/mol. The molecule has 3 aromatic heterocycles. The second-order valence-corrected chi connectivity index (χ2v) is 10.1. The highest BCUT2D eigenvalue weighted by Gasteiger charge is 2.31. The fraction of sp³-hybridized carbons (Fsp3) is 0.296. The van der Waals surface area contributed by atoms with Crippen molar-refractivity contribution >= 4 is 34.9 Å². The van der Waals surface area contributed by atoms with E-state index in [2.05, 4.69) is 30.4 Å². The summed E-state index contributed by atoms with van der Waals surface area (Å²) < 4.78 is 43.5. The Labute approximate surface area is 237 Å². The summed E-state index contributed by atoms with van der Waals surface area (Å²) in [6.07, 6.45) is 3.43. The Morgan fingerprint density at radius 2 is 1.93 bits per heavy atom. The lowest BCUT2D eigenvalue weighted by Crippen LogP contribution is -2.28. The third kappa shape index (κ3) is 5.62. The van der Waals surface area contributed by atoms with Crippen LogP contribution in [0.5, 0.6) is 0 Å². The van der Waals surface area contributed by atoms with Gasteiger partial charge < -0.3 is 5.32 Å². The van der Waals surface area contributed by atoms with Crippen molar-refractivity contribution in [3.63, 3.8) is 0 Å². The number of benzene rings is 1. The van der Waals surface area contributed by atoms with Crippen molar-refractivity contribution in [2.45, 2.75) is 40.2 Å². The first-order chi connectivity index (χ1) is 19.5. The van der Waals surface area contributed by atoms with Gasteiger partial charge in [-0.1, -0.05) is 24.6 Å². The Morgan fingerprint density at radius 3 is 2.61 bits per heavy atom. The fourth-order valence-corrected chi connectivity index (χ4v) is 4.72. The van der Waals surface area contributed by atoms with Crippen LogP contribution in [0.15, 0.2) is 36.9 Å². The van der Waals surface area contributed by atoms with E-state index in [1.54, 1.807) is 24.2 Å². The molecule has 0 unspecified atom stereocenters. The second kappa shape index (κ2) is 11.2. The number of amides is 2. The molecule has 41 heavy (non-hydrogen) atoms. The number of halogens is 4. The van der Waals surface area contributed by atoms with E-state index in [1.165, 1.54) is 17.8 Å². The normalized spacial score (nSPS) is 15.2. The van der Waals surface area contributed by atoms with Crippen LogP contribution in [0, 0.1) is 25.6 Å². The number of alkyl halides is 2. The van der Waals surface area contributed by atoms with Crippen LogP contribution in [-0.4, -0.2) is 48.1 Å². The van der Waals surface area contributed by atoms with Gasteiger partial charge in [-0.25, -0.2) is 23.1 Å². The van der Waals surface area contributed by atoms with E-state index in [0.29, 0.717) is 29.4 Å². The average Bonchev–Trinajstić information content (AvgIpc) is 3.51. The Bertz CT molecular complexity index is 1660. The molecule has 10 nitrogen and oxygen atoms in total. The predicted molar refractivity (Wildman–Crippen MR) is 144 cm³/mol. The molecule has 5 rings (SSSR count). The molecule has 0 bridgehead atoms. The van der Waals surface area contributed by atoms with Crippen molar-refractivity contribution in [2.24, 2.45) is 5.92 Å². The van der Waals surface area contributed by atoms with Gasteiger partial charge in [0.15, 0.2) is 11.6 Å². The minimum Gasteiger partial charge on any atom is -0.318 e. The molecule has 0 radical (unpaired) electrons. The minimum atomic E-state index is -3.00. The number of aromatic nitrogens is 6. The van der Waals surface area contributed by atoms with E-state index in [9.17, 15) is 22.8 Å². The van der Waals surface area contributed by atoms with E-state index in [-0.39, 0.29) is 40.5 Å². The second-order valence-electron chi connectivity index (χ2n) is 9.65. The summed E-state index contributed by atoms with van der Waals surface area (Å²) >= 11 is 5.82. The maximum Gasteiger partial charge on any atom is 0.276 e. The molecular formula is C27H24ClF3N8O2. The summed E-state index contributed by atoms with van der Waals surface area (Å²) in [6, 6.07) is 2.04. The molecule has 1 aliphatic heterocycles. The number of nitrogens with one attached hydrogen (secondary N) is 1. The number of nitrogens with zero attached hydrogens (tertiary/aromatic N) is 7. The molecule has 1 aromatic carbocycles. The number of aryl methyl sites for hydroxylation is 2. The molecule has 0 saturated carbocycles. The third-order valence-corrected chi connectivity index (χ3v) is 7.00. The smallest absolute Gasteiger partial charge is 0.276 e. The maximum absolute atomic E-state index is 14.8. The van der Waals surface area contributed by atoms with Gasteiger partial charge >= 0.3 is 0 Å². The number of anilines is 2. The minimum absolute atomic E-state index is 0.0280. The van der Waals surface area contributed by atoms with Gasteiger partial charge in [-0.2, -0.15) is 5.10 Å². The van der Waals surface area contributed by atoms with Crippen LogP contribution in [0.3, 0.4) is 0 Å². The first-order valence-electron chi connectivity index (χ1n) is 12.6. The lowest BCUT2D eigenvalue weighted by atomic mass is 10.0. The molecule has 1 saturated heterocycles. The molecule has 1 atom stereocenters. The van der Waals surface area contributed by atoms with Gasteiger partial charge in [0.05, 0.1) is 58.6 Å². The number of hydrogen-bond donors (Lipinski definition) is 1. The Morgan fingerprint density at radius 1 is 1.15 bits per heavy atom. The van der Waals surface area contributed by atoms with Gasteiger partial charge in [-0.15, -0.1) is 0 Å². The van der Waals surface area contributed by atoms with Gasteiger partial charge in [-0.3, -0.25) is 29.1 Å². The van der Waals surface area contributed by atoms with Crippen LogP contribution in [0.4, 0.5) is 24.7 Å². The maximum atomic E-state index is 14.8. The summed E-state index contributed by atoms with van der Waals surface area (Å²) in [7, 11) is 0. The van der Waals surface area contributed by atoms with Gasteiger partial charge in [0.1, 0.15) is 5.69 Å². The Hall–Kier alpha value is -4.39. The van der Waals surface area contributed by atoms with Crippen LogP contribution in [0.25, 0.3) is 11.3 Å². The van der Waals surface area contributed by atoms with Crippen molar-refractivity contribution in [3.8, 4) is 11.3 Å². The van der Waals surface area contributed by atoms with Crippen LogP contribution in [0.1, 0.15) is 52.9 Å². The highest BCUT2D eigenvalue weighted by atomic mass is 35.5. The quantitative estimate of drug-likeness (QED) is 0.319. The van der Waals surface area contributed by atoms with Crippen LogP contribution < -0.4 is 10.2 Å². The van der Waals surface area contributed by atoms with Crippen LogP contribution in [0.2, 0.25) is 5.02 Å². The van der Waals surface area contributed by atoms with E-state index >= 15 is 0 Å². The first kappa shape index (κ1) is 28.1. The SMILES string of the molecule is Cc1ncc(-c2c(C(F)F)ccc(Cl)c2F)nc1C(=O)Nc1cnn(Cc2cnc(N3CC[C@@H](C)C3=O)c(C)n2)c1. The molecule has 0 aliphatic carbocycles. The molecule has 14 heteroatoms. The molecular weight excluding hydrogens is 561 g/mol. The fourth-order valence-electron chi connectivity index (χ4n) is 4.56. The molecule has 212 valence electrons. The van der Waals surface area contributed by atoms with Crippen molar-refractivity contribution in [2.75, 3.05) is 16.8 Å². The topological polar surface area (TPSA) is 119 Å². The van der Waals surface area contributed by atoms with Crippen LogP contribution >= 0.6 is 11.6 Å². The third-order valence-electron chi connectivity index (χ3n) is 6.70. The average molecular weight is 585 g/mol. The standard InChI is InChI=1S/C27H24ClF3N8O2/c1-13-6-7-39(27(13)41)25-15(3)35-16(8-33-25)11-38-12-17(9-34-38)36-26(40)23-14(2)32-10-20(37-23)21-18(24(30)31)4-5-19(28)22(21)29/h4-5,8-10,12-13,24H,6-7,11H2,1-3H3,(H,36,40)/t13-/m1/s1. The molecule has 2 amide bonds. The zero-order valence-electron chi connectivity index (χ0n) is 22.2. The van der Waals surface area contributed by atoms with Crippen molar-refractivity contribution in [1.82, 2.24) is 29.7 Å². The van der Waals surface area contributed by atoms with Gasteiger partial charge in [0.2, 0.25) is 5.91 Å². The first-order valence-corrected chi connectivity index (χ1v) is 13.0. The predicted octanol–water partition coefficient (Wildman–Crippen LogP) is 5.15. The largest absolute Gasteiger partial charge is 0.318 e. The molecule has 4 aromatic rings. The Kier molecular flexibility index (Phi) is 7.72. The highest BCUT2D eigenvalue weighted by Crippen LogP contribution is 2.35. The summed E-state index contributed by atoms with van der Waals surface area (Å²) in [6.45, 7) is 6.03. The van der Waals surface area contributed by atoms with Gasteiger partial charge in [0.25, 0.3) is 12.3 Å². The highest BCUT2D eigenvalue weighted by molar-refractivity contribution is 6.31. The lowest BCUT2D eigenvalue weighted by Gasteiger charge is -2.17. The van der Waals surface area contributed by atoms with E-state index in [1.807, 2.05) is 6.92 Å². The van der Waals surface area contributed by atoms with E-state index < -0.39 is 29.3 Å². The lowest BCUT2D eigenvalue weighted by molar-refractivity contribution is -0.119. The zero-order chi connectivity index (χ0) is 29.4. The van der Waals surface area contributed by atoms with E-state index in [4.69, 9.17) is 11.6 Å². The van der Waals surface area contributed by atoms with Gasteiger partial charge in [-0.05, 0) is 26.3 Å².